The molecule has 0 amide bonds. The summed E-state index contributed by atoms with van der Waals surface area (Å²) in [5.74, 6) is -1.42. The van der Waals surface area contributed by atoms with Crippen LogP contribution >= 0.6 is 11.8 Å². The summed E-state index contributed by atoms with van der Waals surface area (Å²) in [7, 11) is 0. The number of hydrogen-bond acceptors (Lipinski definition) is 8. The number of hydrogen-bond donors (Lipinski definition) is 0. The van der Waals surface area contributed by atoms with E-state index in [2.05, 4.69) is 10.3 Å². The molecule has 0 aliphatic heterocycles. The summed E-state index contributed by atoms with van der Waals surface area (Å²) >= 11 is 1.03. The molecular formula is C30H31N3O5S. The largest absolute Gasteiger partial charge is 0.426 e. The Kier molecular flexibility index (Phi) is 8.50. The Morgan fingerprint density at radius 1 is 0.795 bits per heavy atom. The fourth-order valence-electron chi connectivity index (χ4n) is 3.65. The minimum atomic E-state index is -0.458. The van der Waals surface area contributed by atoms with Crippen LogP contribution in [0.25, 0.3) is 27.7 Å². The number of ether oxygens (including phenoxy) is 2. The van der Waals surface area contributed by atoms with Gasteiger partial charge in [0.05, 0.1) is 11.8 Å². The number of thioether (sulfide) groups is 1. The van der Waals surface area contributed by atoms with Crippen molar-refractivity contribution < 1.29 is 23.9 Å². The zero-order valence-corrected chi connectivity index (χ0v) is 23.6. The van der Waals surface area contributed by atoms with Crippen molar-refractivity contribution in [1.82, 2.24) is 15.0 Å². The van der Waals surface area contributed by atoms with Crippen LogP contribution in [0.1, 0.15) is 41.5 Å². The van der Waals surface area contributed by atoms with E-state index in [1.54, 1.807) is 44.5 Å². The first-order valence-corrected chi connectivity index (χ1v) is 13.6. The Morgan fingerprint density at radius 3 is 2.15 bits per heavy atom. The van der Waals surface area contributed by atoms with Crippen molar-refractivity contribution in [2.75, 3.05) is 0 Å². The maximum absolute atomic E-state index is 12.8. The van der Waals surface area contributed by atoms with E-state index in [1.165, 1.54) is 6.07 Å². The maximum atomic E-state index is 12.8. The third kappa shape index (κ3) is 6.20. The molecule has 9 heteroatoms. The Bertz CT molecular complexity index is 1540. The van der Waals surface area contributed by atoms with Crippen LogP contribution in [0.3, 0.4) is 0 Å². The second-order valence-corrected chi connectivity index (χ2v) is 11.0. The lowest BCUT2D eigenvalue weighted by Crippen LogP contribution is -2.17. The molecule has 0 saturated heterocycles. The predicted molar refractivity (Wildman–Crippen MR) is 151 cm³/mol. The van der Waals surface area contributed by atoms with Gasteiger partial charge in [-0.1, -0.05) is 89.2 Å². The normalized spacial score (nSPS) is 11.4. The molecule has 0 saturated carbocycles. The van der Waals surface area contributed by atoms with Crippen LogP contribution in [0.5, 0.6) is 11.5 Å². The van der Waals surface area contributed by atoms with Gasteiger partial charge in [-0.05, 0) is 34.7 Å². The molecular weight excluding hydrogens is 514 g/mol. The number of esters is 2. The topological polar surface area (TPSA) is 100 Å². The molecule has 0 fully saturated rings. The van der Waals surface area contributed by atoms with Crippen LogP contribution < -0.4 is 9.47 Å². The van der Waals surface area contributed by atoms with Gasteiger partial charge in [0.15, 0.2) is 15.9 Å². The molecule has 4 rings (SSSR count). The smallest absolute Gasteiger partial charge is 0.313 e. The lowest BCUT2D eigenvalue weighted by molar-refractivity contribution is -0.138. The molecule has 0 radical (unpaired) electrons. The monoisotopic (exact) mass is 545 g/mol. The second-order valence-electron chi connectivity index (χ2n) is 10.0. The van der Waals surface area contributed by atoms with Crippen LogP contribution in [-0.4, -0.2) is 32.0 Å². The molecule has 3 aromatic carbocycles. The molecule has 4 aromatic rings. The minimum Gasteiger partial charge on any atom is -0.426 e. The van der Waals surface area contributed by atoms with Gasteiger partial charge in [-0.15, -0.1) is 5.10 Å². The lowest BCUT2D eigenvalue weighted by Gasteiger charge is -2.16. The van der Waals surface area contributed by atoms with Gasteiger partial charge in [-0.25, -0.2) is 4.68 Å². The molecule has 0 aliphatic carbocycles. The molecule has 8 nitrogen and oxygen atoms in total. The molecule has 0 aliphatic rings. The van der Waals surface area contributed by atoms with Crippen LogP contribution in [-0.2, 0) is 14.4 Å². The first-order valence-electron chi connectivity index (χ1n) is 12.8. The number of fused-ring (bicyclic) bond motifs is 1. The van der Waals surface area contributed by atoms with Gasteiger partial charge >= 0.3 is 11.9 Å². The second kappa shape index (κ2) is 11.8. The Morgan fingerprint density at radius 2 is 1.46 bits per heavy atom. The highest BCUT2D eigenvalue weighted by molar-refractivity contribution is 8.13. The molecule has 202 valence electrons. The first-order chi connectivity index (χ1) is 18.6. The summed E-state index contributed by atoms with van der Waals surface area (Å²) in [6.45, 7) is 10.6. The number of aromatic nitrogens is 3. The van der Waals surface area contributed by atoms with E-state index < -0.39 is 17.9 Å². The van der Waals surface area contributed by atoms with Crippen molar-refractivity contribution in [3.05, 3.63) is 60.7 Å². The van der Waals surface area contributed by atoms with E-state index in [9.17, 15) is 14.4 Å². The maximum Gasteiger partial charge on any atom is 0.313 e. The predicted octanol–water partition coefficient (Wildman–Crippen LogP) is 6.49. The summed E-state index contributed by atoms with van der Waals surface area (Å²) in [5.41, 5.74) is 1.81. The van der Waals surface area contributed by atoms with Gasteiger partial charge in [-0.3, -0.25) is 14.4 Å². The van der Waals surface area contributed by atoms with Gasteiger partial charge in [-0.2, -0.15) is 0 Å². The zero-order valence-electron chi connectivity index (χ0n) is 22.8. The first kappa shape index (κ1) is 28.0. The third-order valence-corrected chi connectivity index (χ3v) is 7.02. The quantitative estimate of drug-likeness (QED) is 0.141. The van der Waals surface area contributed by atoms with Crippen molar-refractivity contribution in [3.8, 4) is 28.4 Å². The molecule has 0 unspecified atom stereocenters. The fourth-order valence-corrected chi connectivity index (χ4v) is 4.45. The Hall–Kier alpha value is -3.98. The SMILES string of the molecule is CC(C)C(=O)Oc1ccc(-n2nnc(SC(=O)C(C)C)c2-c2cccc3ccccc23)c(OC(=O)C(C)C)c1. The molecule has 0 spiro atoms. The van der Waals surface area contributed by atoms with Crippen molar-refractivity contribution in [2.45, 2.75) is 46.6 Å². The van der Waals surface area contributed by atoms with Crippen molar-refractivity contribution in [3.63, 3.8) is 0 Å². The van der Waals surface area contributed by atoms with E-state index >= 15 is 0 Å². The average Bonchev–Trinajstić information content (AvgIpc) is 3.31. The molecule has 0 bridgehead atoms. The highest BCUT2D eigenvalue weighted by Gasteiger charge is 2.25. The summed E-state index contributed by atoms with van der Waals surface area (Å²) in [6, 6.07) is 18.6. The highest BCUT2D eigenvalue weighted by atomic mass is 32.2. The average molecular weight is 546 g/mol. The lowest BCUT2D eigenvalue weighted by atomic mass is 10.0. The van der Waals surface area contributed by atoms with Crippen LogP contribution in [0.2, 0.25) is 0 Å². The Labute approximate surface area is 231 Å². The number of rotatable bonds is 8. The summed E-state index contributed by atoms with van der Waals surface area (Å²) in [5, 5.41) is 11.1. The summed E-state index contributed by atoms with van der Waals surface area (Å²) < 4.78 is 12.8. The van der Waals surface area contributed by atoms with E-state index in [0.29, 0.717) is 16.4 Å². The van der Waals surface area contributed by atoms with E-state index in [4.69, 9.17) is 9.47 Å². The number of nitrogens with zero attached hydrogens (tertiary/aromatic N) is 3. The molecule has 0 N–H and O–H groups in total. The number of carbonyl (C=O) groups excluding carboxylic acids is 3. The summed E-state index contributed by atoms with van der Waals surface area (Å²) in [6.07, 6.45) is 0. The Balaban J connectivity index is 1.94. The van der Waals surface area contributed by atoms with Gasteiger partial charge in [0.2, 0.25) is 0 Å². The highest BCUT2D eigenvalue weighted by Crippen LogP contribution is 2.39. The molecule has 0 atom stereocenters. The van der Waals surface area contributed by atoms with E-state index in [1.807, 2.05) is 56.3 Å². The van der Waals surface area contributed by atoms with Gasteiger partial charge in [0, 0.05) is 17.5 Å². The van der Waals surface area contributed by atoms with Crippen LogP contribution in [0.15, 0.2) is 65.7 Å². The number of carbonyl (C=O) groups is 3. The van der Waals surface area contributed by atoms with Crippen LogP contribution in [0, 0.1) is 17.8 Å². The van der Waals surface area contributed by atoms with Crippen molar-refractivity contribution >= 4 is 39.6 Å². The molecule has 1 heterocycles. The van der Waals surface area contributed by atoms with E-state index in [0.717, 1.165) is 28.1 Å². The number of benzene rings is 3. The fraction of sp³-hybridized carbons (Fsp3) is 0.300. The van der Waals surface area contributed by atoms with Crippen molar-refractivity contribution in [2.24, 2.45) is 17.8 Å². The van der Waals surface area contributed by atoms with Gasteiger partial charge in [0.1, 0.15) is 17.1 Å². The van der Waals surface area contributed by atoms with Crippen molar-refractivity contribution in [1.29, 1.82) is 0 Å². The molecule has 1 aromatic heterocycles. The molecule has 39 heavy (non-hydrogen) atoms. The van der Waals surface area contributed by atoms with Gasteiger partial charge < -0.3 is 9.47 Å². The van der Waals surface area contributed by atoms with Gasteiger partial charge in [0.25, 0.3) is 0 Å². The van der Waals surface area contributed by atoms with Crippen LogP contribution in [0.4, 0.5) is 0 Å². The third-order valence-electron chi connectivity index (χ3n) is 5.88. The minimum absolute atomic E-state index is 0.0501. The van der Waals surface area contributed by atoms with E-state index in [-0.39, 0.29) is 28.5 Å². The standard InChI is InChI=1S/C30H31N3O5S/c1-17(2)28(34)37-21-14-15-24(25(16-21)38-29(35)18(3)4)33-26(27(31-32-33)39-30(36)19(5)6)23-13-9-11-20-10-7-8-12-22(20)23/h7-19H,1-6H3. The zero-order chi connectivity index (χ0) is 28.3. The summed E-state index contributed by atoms with van der Waals surface area (Å²) in [4.78, 5) is 37.7.